The largest absolute Gasteiger partial charge is 0.490 e. The number of hydrogen-bond acceptors (Lipinski definition) is 5. The van der Waals surface area contributed by atoms with E-state index in [-0.39, 0.29) is 10.6 Å². The quantitative estimate of drug-likeness (QED) is 0.678. The third-order valence-electron chi connectivity index (χ3n) is 4.45. The molecular weight excluding hydrogens is 270 g/mol. The van der Waals surface area contributed by atoms with Gasteiger partial charge in [0.25, 0.3) is 0 Å². The SMILES string of the molecule is COc1ccc(CN2CCC3CCC(C2)N3)cc1[N+](=O)[O-]. The Balaban J connectivity index is 1.72. The first-order valence-corrected chi connectivity index (χ1v) is 7.45. The van der Waals surface area contributed by atoms with Gasteiger partial charge in [-0.3, -0.25) is 15.0 Å². The van der Waals surface area contributed by atoms with Gasteiger partial charge in [0.05, 0.1) is 12.0 Å². The molecule has 0 saturated carbocycles. The lowest BCUT2D eigenvalue weighted by Crippen LogP contribution is -2.34. The summed E-state index contributed by atoms with van der Waals surface area (Å²) in [5.74, 6) is 0.320. The van der Waals surface area contributed by atoms with Crippen molar-refractivity contribution in [3.8, 4) is 5.75 Å². The molecule has 2 aliphatic heterocycles. The van der Waals surface area contributed by atoms with Crippen LogP contribution in [-0.4, -0.2) is 42.1 Å². The zero-order chi connectivity index (χ0) is 14.8. The molecule has 6 nitrogen and oxygen atoms in total. The van der Waals surface area contributed by atoms with Crippen LogP contribution in [0.1, 0.15) is 24.8 Å². The highest BCUT2D eigenvalue weighted by Gasteiger charge is 2.29. The molecule has 2 atom stereocenters. The predicted octanol–water partition coefficient (Wildman–Crippen LogP) is 1.93. The molecule has 2 bridgehead atoms. The summed E-state index contributed by atoms with van der Waals surface area (Å²) in [6, 6.07) is 6.48. The summed E-state index contributed by atoms with van der Waals surface area (Å²) in [5, 5.41) is 14.7. The van der Waals surface area contributed by atoms with E-state index in [0.717, 1.165) is 31.6 Å². The average Bonchev–Trinajstić information content (AvgIpc) is 2.81. The first-order chi connectivity index (χ1) is 10.2. The molecule has 0 aromatic heterocycles. The molecule has 0 spiro atoms. The Hall–Kier alpha value is -1.66. The van der Waals surface area contributed by atoms with E-state index in [1.165, 1.54) is 20.0 Å². The maximum atomic E-state index is 11.1. The van der Waals surface area contributed by atoms with E-state index in [2.05, 4.69) is 10.2 Å². The summed E-state index contributed by atoms with van der Waals surface area (Å²) >= 11 is 0. The van der Waals surface area contributed by atoms with Crippen LogP contribution in [0.3, 0.4) is 0 Å². The minimum absolute atomic E-state index is 0.0458. The van der Waals surface area contributed by atoms with Crippen LogP contribution in [-0.2, 0) is 6.54 Å². The van der Waals surface area contributed by atoms with E-state index in [9.17, 15) is 10.1 Å². The second-order valence-electron chi connectivity index (χ2n) is 5.92. The summed E-state index contributed by atoms with van der Waals surface area (Å²) in [6.07, 6.45) is 3.69. The van der Waals surface area contributed by atoms with Crippen molar-refractivity contribution in [2.75, 3.05) is 20.2 Å². The van der Waals surface area contributed by atoms with E-state index in [4.69, 9.17) is 4.74 Å². The van der Waals surface area contributed by atoms with Gasteiger partial charge in [-0.2, -0.15) is 0 Å². The number of methoxy groups -OCH3 is 1. The van der Waals surface area contributed by atoms with Crippen molar-refractivity contribution >= 4 is 5.69 Å². The Bertz CT molecular complexity index is 535. The third kappa shape index (κ3) is 3.16. The number of benzene rings is 1. The van der Waals surface area contributed by atoms with Gasteiger partial charge in [0.2, 0.25) is 0 Å². The van der Waals surface area contributed by atoms with Crippen LogP contribution < -0.4 is 10.1 Å². The van der Waals surface area contributed by atoms with E-state index in [0.29, 0.717) is 17.8 Å². The van der Waals surface area contributed by atoms with Gasteiger partial charge >= 0.3 is 5.69 Å². The fourth-order valence-corrected chi connectivity index (χ4v) is 3.39. The molecule has 2 fully saturated rings. The van der Waals surface area contributed by atoms with Crippen LogP contribution in [0.25, 0.3) is 0 Å². The fraction of sp³-hybridized carbons (Fsp3) is 0.600. The van der Waals surface area contributed by atoms with Gasteiger partial charge < -0.3 is 10.1 Å². The topological polar surface area (TPSA) is 67.6 Å². The summed E-state index contributed by atoms with van der Waals surface area (Å²) in [5.41, 5.74) is 1.02. The Labute approximate surface area is 124 Å². The van der Waals surface area contributed by atoms with Crippen molar-refractivity contribution in [2.45, 2.75) is 37.9 Å². The molecule has 1 N–H and O–H groups in total. The van der Waals surface area contributed by atoms with Crippen molar-refractivity contribution in [3.63, 3.8) is 0 Å². The lowest BCUT2D eigenvalue weighted by molar-refractivity contribution is -0.385. The van der Waals surface area contributed by atoms with Crippen molar-refractivity contribution in [3.05, 3.63) is 33.9 Å². The van der Waals surface area contributed by atoms with E-state index in [1.807, 2.05) is 6.07 Å². The molecule has 1 aromatic carbocycles. The molecular formula is C15H21N3O3. The highest BCUT2D eigenvalue weighted by atomic mass is 16.6. The van der Waals surface area contributed by atoms with Gasteiger partial charge in [-0.15, -0.1) is 0 Å². The number of nitro benzene ring substituents is 1. The minimum Gasteiger partial charge on any atom is -0.490 e. The first kappa shape index (κ1) is 14.3. The monoisotopic (exact) mass is 291 g/mol. The van der Waals surface area contributed by atoms with Gasteiger partial charge in [-0.05, 0) is 30.9 Å². The van der Waals surface area contributed by atoms with Crippen LogP contribution in [0.15, 0.2) is 18.2 Å². The van der Waals surface area contributed by atoms with Crippen molar-refractivity contribution in [2.24, 2.45) is 0 Å². The Morgan fingerprint density at radius 3 is 2.95 bits per heavy atom. The number of hydrogen-bond donors (Lipinski definition) is 1. The number of nitrogens with zero attached hydrogens (tertiary/aromatic N) is 2. The summed E-state index contributed by atoms with van der Waals surface area (Å²) in [6.45, 7) is 2.83. The minimum atomic E-state index is -0.381. The zero-order valence-electron chi connectivity index (χ0n) is 12.2. The van der Waals surface area contributed by atoms with Gasteiger partial charge in [-0.1, -0.05) is 6.07 Å². The summed E-state index contributed by atoms with van der Waals surface area (Å²) < 4.78 is 5.05. The molecule has 21 heavy (non-hydrogen) atoms. The number of nitro groups is 1. The fourth-order valence-electron chi connectivity index (χ4n) is 3.39. The molecule has 0 radical (unpaired) electrons. The van der Waals surface area contributed by atoms with Gasteiger partial charge in [0, 0.05) is 37.8 Å². The number of rotatable bonds is 4. The standard InChI is InChI=1S/C15H21N3O3/c1-21-15-5-2-11(8-14(15)18(19)20)9-17-7-6-12-3-4-13(10-17)16-12/h2,5,8,12-13,16H,3-4,6-7,9-10H2,1H3. The highest BCUT2D eigenvalue weighted by Crippen LogP contribution is 2.28. The Morgan fingerprint density at radius 2 is 2.19 bits per heavy atom. The maximum Gasteiger partial charge on any atom is 0.311 e. The Morgan fingerprint density at radius 1 is 1.38 bits per heavy atom. The molecule has 2 unspecified atom stereocenters. The first-order valence-electron chi connectivity index (χ1n) is 7.45. The van der Waals surface area contributed by atoms with E-state index < -0.39 is 0 Å². The van der Waals surface area contributed by atoms with Crippen molar-refractivity contribution in [1.82, 2.24) is 10.2 Å². The molecule has 0 amide bonds. The second-order valence-corrected chi connectivity index (χ2v) is 5.92. The summed E-state index contributed by atoms with van der Waals surface area (Å²) in [7, 11) is 1.46. The molecule has 3 rings (SSSR count). The lowest BCUT2D eigenvalue weighted by atomic mass is 10.1. The third-order valence-corrected chi connectivity index (χ3v) is 4.45. The van der Waals surface area contributed by atoms with Crippen molar-refractivity contribution < 1.29 is 9.66 Å². The van der Waals surface area contributed by atoms with Crippen LogP contribution in [0.5, 0.6) is 5.75 Å². The maximum absolute atomic E-state index is 11.1. The second kappa shape index (κ2) is 5.99. The summed E-state index contributed by atoms with van der Waals surface area (Å²) in [4.78, 5) is 13.1. The molecule has 1 aromatic rings. The normalized spacial score (nSPS) is 25.6. The van der Waals surface area contributed by atoms with Gasteiger partial charge in [-0.25, -0.2) is 0 Å². The number of ether oxygens (including phenoxy) is 1. The van der Waals surface area contributed by atoms with Crippen molar-refractivity contribution in [1.29, 1.82) is 0 Å². The van der Waals surface area contributed by atoms with E-state index in [1.54, 1.807) is 12.1 Å². The molecule has 2 aliphatic rings. The van der Waals surface area contributed by atoms with Gasteiger partial charge in [0.1, 0.15) is 0 Å². The van der Waals surface area contributed by atoms with Crippen LogP contribution >= 0.6 is 0 Å². The average molecular weight is 291 g/mol. The highest BCUT2D eigenvalue weighted by molar-refractivity contribution is 5.48. The molecule has 6 heteroatoms. The number of likely N-dealkylation sites (tertiary alicyclic amines) is 1. The van der Waals surface area contributed by atoms with Crippen LogP contribution in [0.4, 0.5) is 5.69 Å². The molecule has 114 valence electrons. The Kier molecular flexibility index (Phi) is 4.07. The molecule has 0 aliphatic carbocycles. The number of nitrogens with one attached hydrogen (secondary N) is 1. The molecule has 2 saturated heterocycles. The lowest BCUT2D eigenvalue weighted by Gasteiger charge is -2.24. The van der Waals surface area contributed by atoms with Gasteiger partial charge in [0.15, 0.2) is 5.75 Å². The van der Waals surface area contributed by atoms with Crippen LogP contribution in [0.2, 0.25) is 0 Å². The smallest absolute Gasteiger partial charge is 0.311 e. The van der Waals surface area contributed by atoms with E-state index >= 15 is 0 Å². The predicted molar refractivity (Wildman–Crippen MR) is 79.5 cm³/mol. The zero-order valence-corrected chi connectivity index (χ0v) is 12.2. The molecule has 2 heterocycles. The number of fused-ring (bicyclic) bond motifs is 2. The van der Waals surface area contributed by atoms with Crippen LogP contribution in [0, 0.1) is 10.1 Å².